The van der Waals surface area contributed by atoms with E-state index in [1.807, 2.05) is 31.2 Å². The molecular weight excluding hydrogens is 280 g/mol. The monoisotopic (exact) mass is 296 g/mol. The number of aromatic nitrogens is 2. The molecule has 0 bridgehead atoms. The summed E-state index contributed by atoms with van der Waals surface area (Å²) >= 11 is 0. The molecule has 0 saturated heterocycles. The van der Waals surface area contributed by atoms with Gasteiger partial charge in [0, 0.05) is 17.7 Å². The molecule has 2 aromatic heterocycles. The van der Waals surface area contributed by atoms with E-state index in [-0.39, 0.29) is 5.91 Å². The van der Waals surface area contributed by atoms with Gasteiger partial charge in [-0.3, -0.25) is 9.36 Å². The van der Waals surface area contributed by atoms with Crippen LogP contribution in [-0.2, 0) is 4.74 Å². The second-order valence-corrected chi connectivity index (χ2v) is 5.08. The van der Waals surface area contributed by atoms with Gasteiger partial charge in [0.15, 0.2) is 5.69 Å². The van der Waals surface area contributed by atoms with Crippen molar-refractivity contribution in [2.75, 3.05) is 6.61 Å². The fourth-order valence-corrected chi connectivity index (χ4v) is 2.86. The number of benzene rings is 1. The van der Waals surface area contributed by atoms with Crippen LogP contribution in [0.15, 0.2) is 30.5 Å². The maximum Gasteiger partial charge on any atom is 0.357 e. The number of hydrogen-bond donors (Lipinski definition) is 0. The Morgan fingerprint density at radius 2 is 1.95 bits per heavy atom. The molecule has 112 valence electrons. The SMILES string of the molecule is CCOC(=O)c1ncc2c(c1C)c1ccccc1n2C(C)=O. The fraction of sp³-hybridized carbons (Fsp3) is 0.235. The summed E-state index contributed by atoms with van der Waals surface area (Å²) in [5, 5.41) is 1.79. The minimum Gasteiger partial charge on any atom is -0.461 e. The number of rotatable bonds is 2. The van der Waals surface area contributed by atoms with Crippen molar-refractivity contribution in [1.82, 2.24) is 9.55 Å². The molecule has 0 amide bonds. The first-order valence-electron chi connectivity index (χ1n) is 7.13. The van der Waals surface area contributed by atoms with Crippen molar-refractivity contribution in [3.63, 3.8) is 0 Å². The number of aryl methyl sites for hydroxylation is 1. The summed E-state index contributed by atoms with van der Waals surface area (Å²) in [4.78, 5) is 28.3. The average molecular weight is 296 g/mol. The van der Waals surface area contributed by atoms with Crippen molar-refractivity contribution in [2.45, 2.75) is 20.8 Å². The van der Waals surface area contributed by atoms with Crippen LogP contribution in [0.4, 0.5) is 0 Å². The summed E-state index contributed by atoms with van der Waals surface area (Å²) in [7, 11) is 0. The van der Waals surface area contributed by atoms with Gasteiger partial charge in [0.25, 0.3) is 0 Å². The number of pyridine rings is 1. The number of nitrogens with zero attached hydrogens (tertiary/aromatic N) is 2. The van der Waals surface area contributed by atoms with Crippen molar-refractivity contribution in [3.8, 4) is 0 Å². The average Bonchev–Trinajstić information content (AvgIpc) is 2.82. The molecule has 0 atom stereocenters. The van der Waals surface area contributed by atoms with E-state index in [0.29, 0.717) is 17.8 Å². The second-order valence-electron chi connectivity index (χ2n) is 5.08. The smallest absolute Gasteiger partial charge is 0.357 e. The maximum absolute atomic E-state index is 12.0. The van der Waals surface area contributed by atoms with Crippen molar-refractivity contribution in [3.05, 3.63) is 41.7 Å². The van der Waals surface area contributed by atoms with Gasteiger partial charge in [0.05, 0.1) is 23.8 Å². The highest BCUT2D eigenvalue weighted by molar-refractivity contribution is 6.15. The Labute approximate surface area is 127 Å². The Balaban J connectivity index is 2.42. The van der Waals surface area contributed by atoms with E-state index >= 15 is 0 Å². The van der Waals surface area contributed by atoms with Crippen LogP contribution in [0.1, 0.15) is 34.7 Å². The third-order valence-electron chi connectivity index (χ3n) is 3.74. The molecule has 0 aliphatic carbocycles. The third kappa shape index (κ3) is 1.97. The Kier molecular flexibility index (Phi) is 3.41. The molecule has 0 spiro atoms. The van der Waals surface area contributed by atoms with Gasteiger partial charge in [-0.2, -0.15) is 0 Å². The van der Waals surface area contributed by atoms with E-state index in [0.717, 1.165) is 21.9 Å². The van der Waals surface area contributed by atoms with Crippen LogP contribution in [0.5, 0.6) is 0 Å². The molecule has 1 aromatic carbocycles. The van der Waals surface area contributed by atoms with E-state index in [1.165, 1.54) is 6.92 Å². The molecular formula is C17H16N2O3. The summed E-state index contributed by atoms with van der Waals surface area (Å²) in [6, 6.07) is 7.63. The van der Waals surface area contributed by atoms with E-state index in [2.05, 4.69) is 4.98 Å². The van der Waals surface area contributed by atoms with Gasteiger partial charge in [0.2, 0.25) is 5.91 Å². The predicted octanol–water partition coefficient (Wildman–Crippen LogP) is 3.33. The standard InChI is InChI=1S/C17H16N2O3/c1-4-22-17(21)16-10(2)15-12-7-5-6-8-13(12)19(11(3)20)14(15)9-18-16/h5-9H,4H2,1-3H3. The van der Waals surface area contributed by atoms with Crippen LogP contribution in [-0.4, -0.2) is 28.0 Å². The predicted molar refractivity (Wildman–Crippen MR) is 84.2 cm³/mol. The fourth-order valence-electron chi connectivity index (χ4n) is 2.86. The van der Waals surface area contributed by atoms with E-state index in [1.54, 1.807) is 17.7 Å². The summed E-state index contributed by atoms with van der Waals surface area (Å²) in [5.41, 5.74) is 2.54. The number of carbonyl (C=O) groups is 2. The zero-order chi connectivity index (χ0) is 15.9. The topological polar surface area (TPSA) is 61.2 Å². The lowest BCUT2D eigenvalue weighted by atomic mass is 10.1. The van der Waals surface area contributed by atoms with Crippen molar-refractivity contribution in [2.24, 2.45) is 0 Å². The lowest BCUT2D eigenvalue weighted by Crippen LogP contribution is -2.10. The van der Waals surface area contributed by atoms with Crippen molar-refractivity contribution < 1.29 is 14.3 Å². The molecule has 3 rings (SSSR count). The van der Waals surface area contributed by atoms with Gasteiger partial charge < -0.3 is 4.74 Å². The molecule has 0 saturated carbocycles. The van der Waals surface area contributed by atoms with Crippen LogP contribution in [0, 0.1) is 6.92 Å². The lowest BCUT2D eigenvalue weighted by molar-refractivity contribution is 0.0518. The van der Waals surface area contributed by atoms with Gasteiger partial charge in [-0.05, 0) is 25.5 Å². The number of esters is 1. The zero-order valence-electron chi connectivity index (χ0n) is 12.7. The van der Waals surface area contributed by atoms with Crippen LogP contribution in [0.25, 0.3) is 21.8 Å². The number of carbonyl (C=O) groups excluding carboxylic acids is 2. The molecule has 0 fully saturated rings. The lowest BCUT2D eigenvalue weighted by Gasteiger charge is -2.06. The third-order valence-corrected chi connectivity index (χ3v) is 3.74. The van der Waals surface area contributed by atoms with E-state index in [4.69, 9.17) is 4.74 Å². The minimum absolute atomic E-state index is 0.0868. The quantitative estimate of drug-likeness (QED) is 0.680. The Bertz CT molecular complexity index is 909. The first-order valence-corrected chi connectivity index (χ1v) is 7.13. The number of hydrogen-bond acceptors (Lipinski definition) is 4. The highest BCUT2D eigenvalue weighted by Gasteiger charge is 2.20. The number of fused-ring (bicyclic) bond motifs is 3. The molecule has 0 radical (unpaired) electrons. The largest absolute Gasteiger partial charge is 0.461 e. The van der Waals surface area contributed by atoms with Crippen LogP contribution in [0.3, 0.4) is 0 Å². The first-order chi connectivity index (χ1) is 10.6. The first kappa shape index (κ1) is 14.3. The van der Waals surface area contributed by atoms with Gasteiger partial charge in [-0.15, -0.1) is 0 Å². The zero-order valence-corrected chi connectivity index (χ0v) is 12.7. The van der Waals surface area contributed by atoms with Gasteiger partial charge in [-0.25, -0.2) is 9.78 Å². The van der Waals surface area contributed by atoms with Crippen molar-refractivity contribution in [1.29, 1.82) is 0 Å². The maximum atomic E-state index is 12.0. The van der Waals surface area contributed by atoms with Gasteiger partial charge in [-0.1, -0.05) is 18.2 Å². The molecule has 5 nitrogen and oxygen atoms in total. The van der Waals surface area contributed by atoms with Crippen LogP contribution < -0.4 is 0 Å². The normalized spacial score (nSPS) is 11.0. The van der Waals surface area contributed by atoms with Crippen LogP contribution in [0.2, 0.25) is 0 Å². The molecule has 22 heavy (non-hydrogen) atoms. The Morgan fingerprint density at radius 1 is 1.23 bits per heavy atom. The minimum atomic E-state index is -0.443. The number of para-hydroxylation sites is 1. The van der Waals surface area contributed by atoms with Gasteiger partial charge >= 0.3 is 5.97 Å². The summed E-state index contributed by atoms with van der Waals surface area (Å²) < 4.78 is 6.67. The second kappa shape index (κ2) is 5.26. The summed E-state index contributed by atoms with van der Waals surface area (Å²) in [6.45, 7) is 5.40. The molecule has 2 heterocycles. The highest BCUT2D eigenvalue weighted by atomic mass is 16.5. The van der Waals surface area contributed by atoms with E-state index in [9.17, 15) is 9.59 Å². The molecule has 5 heteroatoms. The Hall–Kier alpha value is -2.69. The highest BCUT2D eigenvalue weighted by Crippen LogP contribution is 2.32. The molecule has 0 unspecified atom stereocenters. The molecule has 0 aliphatic rings. The summed E-state index contributed by atoms with van der Waals surface area (Å²) in [5.74, 6) is -0.530. The molecule has 3 aromatic rings. The molecule has 0 aliphatic heterocycles. The molecule has 0 N–H and O–H groups in total. The van der Waals surface area contributed by atoms with E-state index < -0.39 is 5.97 Å². The summed E-state index contributed by atoms with van der Waals surface area (Å²) in [6.07, 6.45) is 1.57. The van der Waals surface area contributed by atoms with Crippen molar-refractivity contribution >= 4 is 33.7 Å². The van der Waals surface area contributed by atoms with Gasteiger partial charge in [0.1, 0.15) is 0 Å². The Morgan fingerprint density at radius 3 is 2.64 bits per heavy atom. The van der Waals surface area contributed by atoms with Crippen LogP contribution >= 0.6 is 0 Å². The number of ether oxygens (including phenoxy) is 1.